The zero-order chi connectivity index (χ0) is 25.2. The third-order valence-corrected chi connectivity index (χ3v) is 5.90. The molecule has 0 spiro atoms. The van der Waals surface area contributed by atoms with Gasteiger partial charge in [0.1, 0.15) is 11.8 Å². The van der Waals surface area contributed by atoms with Crippen molar-refractivity contribution in [3.05, 3.63) is 132 Å². The highest BCUT2D eigenvalue weighted by molar-refractivity contribution is 5.89. The van der Waals surface area contributed by atoms with Gasteiger partial charge in [0.2, 0.25) is 11.8 Å². The van der Waals surface area contributed by atoms with Crippen molar-refractivity contribution in [2.45, 2.75) is 25.6 Å². The monoisotopic (exact) mass is 479 g/mol. The van der Waals surface area contributed by atoms with E-state index in [1.165, 1.54) is 0 Å². The van der Waals surface area contributed by atoms with E-state index in [-0.39, 0.29) is 24.8 Å². The van der Waals surface area contributed by atoms with Crippen LogP contribution in [0.15, 0.2) is 109 Å². The van der Waals surface area contributed by atoms with Gasteiger partial charge in [-0.2, -0.15) is 0 Å². The van der Waals surface area contributed by atoms with Gasteiger partial charge in [-0.3, -0.25) is 14.6 Å². The van der Waals surface area contributed by atoms with Crippen LogP contribution in [0.2, 0.25) is 0 Å². The molecule has 3 aromatic carbocycles. The Morgan fingerprint density at radius 3 is 2.14 bits per heavy atom. The Labute approximate surface area is 211 Å². The predicted molar refractivity (Wildman–Crippen MR) is 139 cm³/mol. The first-order valence-electron chi connectivity index (χ1n) is 11.8. The molecule has 1 N–H and O–H groups in total. The van der Waals surface area contributed by atoms with Gasteiger partial charge in [-0.15, -0.1) is 0 Å². The summed E-state index contributed by atoms with van der Waals surface area (Å²) in [6.45, 7) is 0.592. The molecule has 4 aromatic rings. The highest BCUT2D eigenvalue weighted by Gasteiger charge is 2.31. The molecule has 6 nitrogen and oxygen atoms in total. The lowest BCUT2D eigenvalue weighted by atomic mass is 10.0. The summed E-state index contributed by atoms with van der Waals surface area (Å²) in [6, 6.07) is 29.5. The van der Waals surface area contributed by atoms with E-state index in [0.29, 0.717) is 6.54 Å². The lowest BCUT2D eigenvalue weighted by Crippen LogP contribution is -2.43. The first-order chi connectivity index (χ1) is 17.6. The van der Waals surface area contributed by atoms with Crippen LogP contribution in [0.3, 0.4) is 0 Å². The maximum Gasteiger partial charge on any atom is 0.247 e. The molecule has 0 saturated carbocycles. The van der Waals surface area contributed by atoms with Crippen LogP contribution in [0.1, 0.15) is 28.3 Å². The van der Waals surface area contributed by atoms with Crippen molar-refractivity contribution in [1.82, 2.24) is 15.2 Å². The summed E-state index contributed by atoms with van der Waals surface area (Å²) in [6.07, 6.45) is 3.60. The molecule has 0 radical (unpaired) electrons. The van der Waals surface area contributed by atoms with Gasteiger partial charge in [0, 0.05) is 25.5 Å². The van der Waals surface area contributed by atoms with Crippen LogP contribution in [0.5, 0.6) is 5.75 Å². The molecule has 0 saturated heterocycles. The summed E-state index contributed by atoms with van der Waals surface area (Å²) < 4.78 is 5.28. The van der Waals surface area contributed by atoms with E-state index in [4.69, 9.17) is 4.74 Å². The number of pyridine rings is 1. The van der Waals surface area contributed by atoms with Gasteiger partial charge >= 0.3 is 0 Å². The molecule has 0 aliphatic carbocycles. The molecule has 1 heterocycles. The number of nitrogens with one attached hydrogen (secondary N) is 1. The highest BCUT2D eigenvalue weighted by atomic mass is 16.5. The number of amides is 2. The molecule has 0 aliphatic rings. The molecule has 1 atom stereocenters. The molecule has 4 rings (SSSR count). The van der Waals surface area contributed by atoms with E-state index >= 15 is 0 Å². The number of benzene rings is 3. The molecule has 182 valence electrons. The van der Waals surface area contributed by atoms with Crippen LogP contribution >= 0.6 is 0 Å². The molecule has 1 aromatic heterocycles. The minimum Gasteiger partial charge on any atom is -0.497 e. The van der Waals surface area contributed by atoms with Crippen molar-refractivity contribution < 1.29 is 14.3 Å². The Morgan fingerprint density at radius 1 is 0.833 bits per heavy atom. The zero-order valence-electron chi connectivity index (χ0n) is 20.2. The van der Waals surface area contributed by atoms with Crippen molar-refractivity contribution in [3.8, 4) is 5.75 Å². The number of nitrogens with zero attached hydrogens (tertiary/aromatic N) is 2. The Hall–Kier alpha value is -4.45. The molecule has 6 heteroatoms. The molecule has 0 aliphatic heterocycles. The number of aromatic nitrogens is 1. The topological polar surface area (TPSA) is 71.5 Å². The summed E-state index contributed by atoms with van der Waals surface area (Å²) in [4.78, 5) is 33.2. The van der Waals surface area contributed by atoms with Crippen LogP contribution < -0.4 is 10.1 Å². The van der Waals surface area contributed by atoms with E-state index < -0.39 is 6.04 Å². The number of methoxy groups -OCH3 is 1. The number of hydrogen-bond acceptors (Lipinski definition) is 4. The zero-order valence-corrected chi connectivity index (χ0v) is 20.2. The number of carbonyl (C=O) groups is 2. The van der Waals surface area contributed by atoms with Crippen LogP contribution in [-0.2, 0) is 29.1 Å². The summed E-state index contributed by atoms with van der Waals surface area (Å²) in [5.41, 5.74) is 3.43. The quantitative estimate of drug-likeness (QED) is 0.357. The average molecular weight is 480 g/mol. The largest absolute Gasteiger partial charge is 0.497 e. The molecule has 36 heavy (non-hydrogen) atoms. The maximum absolute atomic E-state index is 13.7. The minimum absolute atomic E-state index is 0.137. The highest BCUT2D eigenvalue weighted by Crippen LogP contribution is 2.26. The van der Waals surface area contributed by atoms with Crippen LogP contribution in [0.4, 0.5) is 0 Å². The third kappa shape index (κ3) is 6.57. The lowest BCUT2D eigenvalue weighted by molar-refractivity contribution is -0.141. The smallest absolute Gasteiger partial charge is 0.247 e. The first kappa shape index (κ1) is 24.7. The summed E-state index contributed by atoms with van der Waals surface area (Å²) in [7, 11) is 1.61. The lowest BCUT2D eigenvalue weighted by Gasteiger charge is -2.32. The van der Waals surface area contributed by atoms with Crippen molar-refractivity contribution in [2.75, 3.05) is 7.11 Å². The molecule has 2 amide bonds. The third-order valence-electron chi connectivity index (χ3n) is 5.90. The van der Waals surface area contributed by atoms with Crippen LogP contribution in [-0.4, -0.2) is 28.8 Å². The SMILES string of the molecule is COc1ccc(CN(C(=O)Cc2ccccc2)[C@@H](C(=O)NCc2cccnc2)c2ccccc2)cc1. The Bertz CT molecular complexity index is 1250. The van der Waals surface area contributed by atoms with Crippen molar-refractivity contribution >= 4 is 11.8 Å². The van der Waals surface area contributed by atoms with E-state index in [0.717, 1.165) is 28.0 Å². The minimum atomic E-state index is -0.804. The van der Waals surface area contributed by atoms with Gasteiger partial charge in [-0.05, 0) is 40.5 Å². The fraction of sp³-hybridized carbons (Fsp3) is 0.167. The molecular weight excluding hydrogens is 450 g/mol. The Balaban J connectivity index is 1.66. The fourth-order valence-electron chi connectivity index (χ4n) is 4.02. The van der Waals surface area contributed by atoms with Crippen molar-refractivity contribution in [3.63, 3.8) is 0 Å². The van der Waals surface area contributed by atoms with Crippen LogP contribution in [0, 0.1) is 0 Å². The average Bonchev–Trinajstić information content (AvgIpc) is 2.93. The van der Waals surface area contributed by atoms with Crippen molar-refractivity contribution in [1.29, 1.82) is 0 Å². The summed E-state index contributed by atoms with van der Waals surface area (Å²) in [5, 5.41) is 3.01. The fourth-order valence-corrected chi connectivity index (χ4v) is 4.02. The number of rotatable bonds is 10. The summed E-state index contributed by atoms with van der Waals surface area (Å²) >= 11 is 0. The van der Waals surface area contributed by atoms with Crippen molar-refractivity contribution in [2.24, 2.45) is 0 Å². The van der Waals surface area contributed by atoms with Crippen LogP contribution in [0.25, 0.3) is 0 Å². The normalized spacial score (nSPS) is 11.4. The standard InChI is InChI=1S/C30H29N3O3/c1-36-27-16-14-24(15-17-27)22-33(28(34)19-23-9-4-2-5-10-23)29(26-12-6-3-7-13-26)30(35)32-21-25-11-8-18-31-20-25/h2-18,20,29H,19,21-22H2,1H3,(H,32,35)/t29-/m1/s1. The second-order valence-corrected chi connectivity index (χ2v) is 8.42. The molecule has 0 bridgehead atoms. The predicted octanol–water partition coefficient (Wildman–Crippen LogP) is 4.72. The van der Waals surface area contributed by atoms with Gasteiger partial charge < -0.3 is 15.0 Å². The maximum atomic E-state index is 13.7. The van der Waals surface area contributed by atoms with E-state index in [9.17, 15) is 9.59 Å². The molecular formula is C30H29N3O3. The summed E-state index contributed by atoms with van der Waals surface area (Å²) in [5.74, 6) is 0.345. The van der Waals surface area contributed by atoms with Gasteiger partial charge in [0.25, 0.3) is 0 Å². The molecule has 0 fully saturated rings. The van der Waals surface area contributed by atoms with E-state index in [1.807, 2.05) is 97.1 Å². The Morgan fingerprint density at radius 2 is 1.50 bits per heavy atom. The van der Waals surface area contributed by atoms with E-state index in [1.54, 1.807) is 24.4 Å². The van der Waals surface area contributed by atoms with E-state index in [2.05, 4.69) is 10.3 Å². The number of ether oxygens (including phenoxy) is 1. The second kappa shape index (κ2) is 12.3. The number of hydrogen-bond donors (Lipinski definition) is 1. The van der Waals surface area contributed by atoms with Gasteiger partial charge in [-0.1, -0.05) is 78.9 Å². The second-order valence-electron chi connectivity index (χ2n) is 8.42. The van der Waals surface area contributed by atoms with Gasteiger partial charge in [0.05, 0.1) is 13.5 Å². The number of carbonyl (C=O) groups excluding carboxylic acids is 2. The molecule has 0 unspecified atom stereocenters. The Kier molecular flexibility index (Phi) is 8.44. The van der Waals surface area contributed by atoms with Gasteiger partial charge in [-0.25, -0.2) is 0 Å². The van der Waals surface area contributed by atoms with Gasteiger partial charge in [0.15, 0.2) is 0 Å². The first-order valence-corrected chi connectivity index (χ1v) is 11.8.